The van der Waals surface area contributed by atoms with Crippen LogP contribution in [0, 0.1) is 0 Å². The minimum Gasteiger partial charge on any atom is -0.198 e. The Morgan fingerprint density at radius 1 is 1.19 bits per heavy atom. The van der Waals surface area contributed by atoms with Gasteiger partial charge in [0.1, 0.15) is 0 Å². The van der Waals surface area contributed by atoms with E-state index in [0.29, 0.717) is 6.54 Å². The fourth-order valence-corrected chi connectivity index (χ4v) is 2.03. The molecule has 0 aliphatic rings. The van der Waals surface area contributed by atoms with Crippen LogP contribution in [-0.2, 0) is 22.1 Å². The van der Waals surface area contributed by atoms with Gasteiger partial charge in [-0.25, -0.2) is 0 Å². The van der Waals surface area contributed by atoms with E-state index >= 15 is 0 Å². The van der Waals surface area contributed by atoms with Crippen LogP contribution < -0.4 is 4.72 Å². The summed E-state index contributed by atoms with van der Waals surface area (Å²) >= 11 is 3.35. The van der Waals surface area contributed by atoms with Crippen molar-refractivity contribution in [3.8, 4) is 0 Å². The van der Waals surface area contributed by atoms with Gasteiger partial charge in [0.25, 0.3) is 10.2 Å². The van der Waals surface area contributed by atoms with Crippen LogP contribution in [-0.4, -0.2) is 26.8 Å². The number of rotatable bonds is 5. The van der Waals surface area contributed by atoms with E-state index in [1.807, 2.05) is 24.3 Å². The van der Waals surface area contributed by atoms with Gasteiger partial charge in [-0.15, -0.1) is 0 Å². The van der Waals surface area contributed by atoms with E-state index in [4.69, 9.17) is 0 Å². The maximum absolute atomic E-state index is 11.4. The van der Waals surface area contributed by atoms with Crippen molar-refractivity contribution in [2.75, 3.05) is 14.1 Å². The predicted octanol–water partition coefficient (Wildman–Crippen LogP) is 1.48. The van der Waals surface area contributed by atoms with Crippen molar-refractivity contribution in [1.82, 2.24) is 9.03 Å². The molecule has 0 fully saturated rings. The summed E-state index contributed by atoms with van der Waals surface area (Å²) in [6.07, 6.45) is 0. The summed E-state index contributed by atoms with van der Waals surface area (Å²) in [4.78, 5) is 0. The number of halogens is 1. The van der Waals surface area contributed by atoms with Crippen LogP contribution in [0.25, 0.3) is 0 Å². The molecule has 0 bridgehead atoms. The Morgan fingerprint density at radius 2 is 1.69 bits per heavy atom. The van der Waals surface area contributed by atoms with E-state index in [0.717, 1.165) is 15.2 Å². The average Bonchev–Trinajstić information content (AvgIpc) is 2.27. The Labute approximate surface area is 105 Å². The van der Waals surface area contributed by atoms with Crippen LogP contribution in [0.2, 0.25) is 0 Å². The molecular weight excluding hydrogens is 292 g/mol. The summed E-state index contributed by atoms with van der Waals surface area (Å²) in [5, 5.41) is 0.802. The standard InChI is InChI=1S/C10H15BrN2O2S/c1-13(2)16(14,15)12-8-10-5-3-9(7-11)4-6-10/h3-6,12H,7-8H2,1-2H3. The first-order chi connectivity index (χ1) is 7.45. The van der Waals surface area contributed by atoms with Gasteiger partial charge in [-0.1, -0.05) is 40.2 Å². The topological polar surface area (TPSA) is 49.4 Å². The minimum absolute atomic E-state index is 0.309. The van der Waals surface area contributed by atoms with Crippen molar-refractivity contribution in [3.05, 3.63) is 35.4 Å². The highest BCUT2D eigenvalue weighted by Crippen LogP contribution is 2.08. The summed E-state index contributed by atoms with van der Waals surface area (Å²) in [6, 6.07) is 7.76. The van der Waals surface area contributed by atoms with Gasteiger partial charge in [-0.05, 0) is 11.1 Å². The van der Waals surface area contributed by atoms with Gasteiger partial charge in [0.2, 0.25) is 0 Å². The van der Waals surface area contributed by atoms with Crippen molar-refractivity contribution >= 4 is 26.1 Å². The van der Waals surface area contributed by atoms with Gasteiger partial charge in [0.05, 0.1) is 0 Å². The van der Waals surface area contributed by atoms with Crippen LogP contribution in [0.15, 0.2) is 24.3 Å². The number of hydrogen-bond donors (Lipinski definition) is 1. The van der Waals surface area contributed by atoms with E-state index in [1.165, 1.54) is 19.7 Å². The first-order valence-corrected chi connectivity index (χ1v) is 7.33. The van der Waals surface area contributed by atoms with Gasteiger partial charge in [0.15, 0.2) is 0 Å². The Balaban J connectivity index is 2.62. The van der Waals surface area contributed by atoms with Crippen molar-refractivity contribution in [2.45, 2.75) is 11.9 Å². The van der Waals surface area contributed by atoms with Gasteiger partial charge < -0.3 is 0 Å². The zero-order valence-corrected chi connectivity index (χ0v) is 11.7. The van der Waals surface area contributed by atoms with Crippen molar-refractivity contribution in [3.63, 3.8) is 0 Å². The Kier molecular flexibility index (Phi) is 4.91. The molecule has 0 heterocycles. The number of alkyl halides is 1. The quantitative estimate of drug-likeness (QED) is 0.838. The molecule has 0 saturated heterocycles. The lowest BCUT2D eigenvalue weighted by atomic mass is 10.2. The monoisotopic (exact) mass is 306 g/mol. The zero-order chi connectivity index (χ0) is 12.2. The largest absolute Gasteiger partial charge is 0.279 e. The molecule has 0 spiro atoms. The molecule has 6 heteroatoms. The fraction of sp³-hybridized carbons (Fsp3) is 0.400. The van der Waals surface area contributed by atoms with E-state index in [-0.39, 0.29) is 0 Å². The number of nitrogens with one attached hydrogen (secondary N) is 1. The normalized spacial score (nSPS) is 12.0. The van der Waals surface area contributed by atoms with Crippen LogP contribution in [0.4, 0.5) is 0 Å². The van der Waals surface area contributed by atoms with Crippen molar-refractivity contribution < 1.29 is 8.42 Å². The molecule has 0 radical (unpaired) electrons. The SMILES string of the molecule is CN(C)S(=O)(=O)NCc1ccc(CBr)cc1. The molecule has 0 aliphatic carbocycles. The van der Waals surface area contributed by atoms with Crippen LogP contribution in [0.1, 0.15) is 11.1 Å². The molecular formula is C10H15BrN2O2S. The third kappa shape index (κ3) is 3.86. The van der Waals surface area contributed by atoms with Crippen LogP contribution in [0.3, 0.4) is 0 Å². The molecule has 1 N–H and O–H groups in total. The fourth-order valence-electron chi connectivity index (χ4n) is 1.05. The van der Waals surface area contributed by atoms with Crippen molar-refractivity contribution in [1.29, 1.82) is 0 Å². The second-order valence-corrected chi connectivity index (χ2v) is 6.09. The Hall–Kier alpha value is -0.430. The van der Waals surface area contributed by atoms with Gasteiger partial charge in [-0.3, -0.25) is 0 Å². The molecule has 0 atom stereocenters. The second-order valence-electron chi connectivity index (χ2n) is 3.56. The van der Waals surface area contributed by atoms with Gasteiger partial charge in [0, 0.05) is 26.0 Å². The van der Waals surface area contributed by atoms with Gasteiger partial charge in [-0.2, -0.15) is 17.4 Å². The van der Waals surface area contributed by atoms with Crippen LogP contribution >= 0.6 is 15.9 Å². The highest BCUT2D eigenvalue weighted by Gasteiger charge is 2.11. The van der Waals surface area contributed by atoms with E-state index < -0.39 is 10.2 Å². The average molecular weight is 307 g/mol. The number of nitrogens with zero attached hydrogens (tertiary/aromatic N) is 1. The maximum Gasteiger partial charge on any atom is 0.279 e. The first-order valence-electron chi connectivity index (χ1n) is 4.76. The highest BCUT2D eigenvalue weighted by molar-refractivity contribution is 9.08. The summed E-state index contributed by atoms with van der Waals surface area (Å²) in [5.74, 6) is 0. The summed E-state index contributed by atoms with van der Waals surface area (Å²) in [6.45, 7) is 0.309. The van der Waals surface area contributed by atoms with E-state index in [2.05, 4.69) is 20.7 Å². The molecule has 0 amide bonds. The molecule has 0 saturated carbocycles. The third-order valence-electron chi connectivity index (χ3n) is 2.12. The third-order valence-corrected chi connectivity index (χ3v) is 4.23. The molecule has 16 heavy (non-hydrogen) atoms. The van der Waals surface area contributed by atoms with E-state index in [1.54, 1.807) is 0 Å². The molecule has 0 aliphatic heterocycles. The Morgan fingerprint density at radius 3 is 2.12 bits per heavy atom. The molecule has 0 unspecified atom stereocenters. The molecule has 0 aromatic heterocycles. The van der Waals surface area contributed by atoms with Crippen molar-refractivity contribution in [2.24, 2.45) is 0 Å². The number of hydrogen-bond acceptors (Lipinski definition) is 2. The van der Waals surface area contributed by atoms with E-state index in [9.17, 15) is 8.42 Å². The lowest BCUT2D eigenvalue weighted by Crippen LogP contribution is -2.35. The molecule has 90 valence electrons. The lowest BCUT2D eigenvalue weighted by Gasteiger charge is -2.12. The van der Waals surface area contributed by atoms with Gasteiger partial charge >= 0.3 is 0 Å². The lowest BCUT2D eigenvalue weighted by molar-refractivity contribution is 0.505. The number of benzene rings is 1. The molecule has 1 aromatic rings. The Bertz CT molecular complexity index is 429. The first kappa shape index (κ1) is 13.6. The minimum atomic E-state index is -3.34. The summed E-state index contributed by atoms with van der Waals surface area (Å²) in [7, 11) is -0.345. The zero-order valence-electron chi connectivity index (χ0n) is 9.27. The maximum atomic E-state index is 11.4. The highest BCUT2D eigenvalue weighted by atomic mass is 79.9. The molecule has 1 aromatic carbocycles. The summed E-state index contributed by atoms with van der Waals surface area (Å²) in [5.41, 5.74) is 2.11. The molecule has 1 rings (SSSR count). The predicted molar refractivity (Wildman–Crippen MR) is 68.5 cm³/mol. The van der Waals surface area contributed by atoms with Crippen LogP contribution in [0.5, 0.6) is 0 Å². The smallest absolute Gasteiger partial charge is 0.198 e. The molecule has 4 nitrogen and oxygen atoms in total. The second kappa shape index (κ2) is 5.77. The summed E-state index contributed by atoms with van der Waals surface area (Å²) < 4.78 is 26.5.